The monoisotopic (exact) mass is 229 g/mol. The Hall–Kier alpha value is -0.930. The average molecular weight is 230 g/mol. The molecule has 2 N–H and O–H groups in total. The molecule has 0 aliphatic heterocycles. The first-order valence-electron chi connectivity index (χ1n) is 4.61. The van der Waals surface area contributed by atoms with Gasteiger partial charge in [0.1, 0.15) is 5.82 Å². The third kappa shape index (κ3) is 2.19. The molecule has 0 radical (unpaired) electrons. The van der Waals surface area contributed by atoms with Gasteiger partial charge in [0.05, 0.1) is 6.04 Å². The van der Waals surface area contributed by atoms with E-state index in [1.165, 1.54) is 6.07 Å². The van der Waals surface area contributed by atoms with E-state index in [-0.39, 0.29) is 10.8 Å². The van der Waals surface area contributed by atoms with E-state index < -0.39 is 11.9 Å². The lowest BCUT2D eigenvalue weighted by Gasteiger charge is -2.13. The molecule has 0 saturated heterocycles. The molecule has 0 spiro atoms. The maximum Gasteiger partial charge on any atom is 0.179 e. The van der Waals surface area contributed by atoms with Crippen LogP contribution in [-0.2, 0) is 0 Å². The molecular formula is C11H13ClFNO. The maximum absolute atomic E-state index is 13.4. The summed E-state index contributed by atoms with van der Waals surface area (Å²) in [4.78, 5) is 11.7. The van der Waals surface area contributed by atoms with Gasteiger partial charge in [-0.2, -0.15) is 0 Å². The molecule has 0 aromatic heterocycles. The molecule has 1 rings (SSSR count). The van der Waals surface area contributed by atoms with Crippen molar-refractivity contribution in [2.24, 2.45) is 5.73 Å². The number of Topliss-reactive ketones (excluding diaryl/α,β-unsaturated/α-hetero) is 1. The first-order valence-corrected chi connectivity index (χ1v) is 4.99. The van der Waals surface area contributed by atoms with Gasteiger partial charge >= 0.3 is 0 Å². The Bertz CT molecular complexity index is 389. The Balaban J connectivity index is 3.46. The number of rotatable bonds is 2. The van der Waals surface area contributed by atoms with Crippen LogP contribution < -0.4 is 5.73 Å². The number of hydrogen-bond donors (Lipinski definition) is 1. The van der Waals surface area contributed by atoms with Gasteiger partial charge in [0.15, 0.2) is 5.78 Å². The van der Waals surface area contributed by atoms with Crippen LogP contribution in [0.5, 0.6) is 0 Å². The Morgan fingerprint density at radius 3 is 2.47 bits per heavy atom. The summed E-state index contributed by atoms with van der Waals surface area (Å²) < 4.78 is 13.4. The number of nitrogens with two attached hydrogens (primary N) is 1. The van der Waals surface area contributed by atoms with Crippen LogP contribution in [-0.4, -0.2) is 11.8 Å². The SMILES string of the molecule is Cc1c(F)cc(Cl)c(C)c1C(=O)C(C)N. The number of halogens is 2. The lowest BCUT2D eigenvalue weighted by atomic mass is 9.95. The van der Waals surface area contributed by atoms with E-state index >= 15 is 0 Å². The Kier molecular flexibility index (Phi) is 3.47. The number of carbonyl (C=O) groups is 1. The Morgan fingerprint density at radius 2 is 2.00 bits per heavy atom. The van der Waals surface area contributed by atoms with Crippen LogP contribution in [0.1, 0.15) is 28.4 Å². The molecule has 82 valence electrons. The van der Waals surface area contributed by atoms with E-state index in [9.17, 15) is 9.18 Å². The minimum absolute atomic E-state index is 0.252. The molecule has 1 aromatic carbocycles. The van der Waals surface area contributed by atoms with E-state index in [0.29, 0.717) is 16.7 Å². The topological polar surface area (TPSA) is 43.1 Å². The van der Waals surface area contributed by atoms with Gasteiger partial charge in [0, 0.05) is 10.6 Å². The molecule has 1 aromatic rings. The number of carbonyl (C=O) groups excluding carboxylic acids is 1. The van der Waals surface area contributed by atoms with E-state index in [1.807, 2.05) is 0 Å². The Labute approximate surface area is 93.2 Å². The fraction of sp³-hybridized carbons (Fsp3) is 0.364. The van der Waals surface area contributed by atoms with E-state index in [1.54, 1.807) is 20.8 Å². The van der Waals surface area contributed by atoms with E-state index in [4.69, 9.17) is 17.3 Å². The predicted octanol–water partition coefficient (Wildman–Crippen LogP) is 2.63. The summed E-state index contributed by atoms with van der Waals surface area (Å²) in [7, 11) is 0. The minimum Gasteiger partial charge on any atom is -0.321 e. The maximum atomic E-state index is 13.4. The smallest absolute Gasteiger partial charge is 0.179 e. The van der Waals surface area contributed by atoms with Crippen LogP contribution in [0.4, 0.5) is 4.39 Å². The standard InChI is InChI=1S/C11H13ClFNO/c1-5-8(12)4-9(13)6(2)10(5)11(15)7(3)14/h4,7H,14H2,1-3H3. The summed E-state index contributed by atoms with van der Waals surface area (Å²) >= 11 is 5.81. The molecule has 1 unspecified atom stereocenters. The fourth-order valence-corrected chi connectivity index (χ4v) is 1.64. The number of ketones is 1. The van der Waals surface area contributed by atoms with Crippen molar-refractivity contribution in [1.82, 2.24) is 0 Å². The van der Waals surface area contributed by atoms with Gasteiger partial charge in [-0.3, -0.25) is 4.79 Å². The van der Waals surface area contributed by atoms with E-state index in [2.05, 4.69) is 0 Å². The quantitative estimate of drug-likeness (QED) is 0.793. The highest BCUT2D eigenvalue weighted by Gasteiger charge is 2.20. The summed E-state index contributed by atoms with van der Waals surface area (Å²) in [6, 6.07) is 0.560. The average Bonchev–Trinajstić information content (AvgIpc) is 2.15. The van der Waals surface area contributed by atoms with Crippen molar-refractivity contribution in [3.63, 3.8) is 0 Å². The molecule has 0 heterocycles. The normalized spacial score (nSPS) is 12.7. The zero-order chi connectivity index (χ0) is 11.7. The molecule has 1 atom stereocenters. The largest absolute Gasteiger partial charge is 0.321 e. The highest BCUT2D eigenvalue weighted by Crippen LogP contribution is 2.26. The molecule has 0 amide bonds. The van der Waals surface area contributed by atoms with Crippen molar-refractivity contribution in [2.45, 2.75) is 26.8 Å². The van der Waals surface area contributed by atoms with Gasteiger partial charge in [-0.25, -0.2) is 4.39 Å². The zero-order valence-corrected chi connectivity index (χ0v) is 9.65. The molecular weight excluding hydrogens is 217 g/mol. The van der Waals surface area contributed by atoms with Crippen molar-refractivity contribution < 1.29 is 9.18 Å². The minimum atomic E-state index is -0.653. The predicted molar refractivity (Wildman–Crippen MR) is 58.9 cm³/mol. The van der Waals surface area contributed by atoms with Gasteiger partial charge < -0.3 is 5.73 Å². The van der Waals surface area contributed by atoms with Gasteiger partial charge in [0.25, 0.3) is 0 Å². The van der Waals surface area contributed by atoms with Crippen molar-refractivity contribution in [2.75, 3.05) is 0 Å². The molecule has 0 saturated carbocycles. The van der Waals surface area contributed by atoms with Gasteiger partial charge in [-0.05, 0) is 38.0 Å². The zero-order valence-electron chi connectivity index (χ0n) is 8.90. The number of hydrogen-bond acceptors (Lipinski definition) is 2. The lowest BCUT2D eigenvalue weighted by molar-refractivity contribution is 0.0966. The summed E-state index contributed by atoms with van der Waals surface area (Å²) in [5.74, 6) is -0.763. The van der Waals surface area contributed by atoms with Gasteiger partial charge in [-0.1, -0.05) is 11.6 Å². The molecule has 0 fully saturated rings. The molecule has 0 aliphatic carbocycles. The van der Waals surface area contributed by atoms with E-state index in [0.717, 1.165) is 0 Å². The lowest BCUT2D eigenvalue weighted by Crippen LogP contribution is -2.28. The van der Waals surface area contributed by atoms with Crippen molar-refractivity contribution >= 4 is 17.4 Å². The summed E-state index contributed by atoms with van der Waals surface area (Å²) in [6.45, 7) is 4.80. The van der Waals surface area contributed by atoms with Gasteiger partial charge in [-0.15, -0.1) is 0 Å². The summed E-state index contributed by atoms with van der Waals surface area (Å²) in [5.41, 5.74) is 6.68. The van der Waals surface area contributed by atoms with Crippen molar-refractivity contribution in [1.29, 1.82) is 0 Å². The Morgan fingerprint density at radius 1 is 1.47 bits per heavy atom. The third-order valence-corrected chi connectivity index (χ3v) is 2.77. The number of benzene rings is 1. The third-order valence-electron chi connectivity index (χ3n) is 2.38. The first-order chi connectivity index (χ1) is 6.86. The van der Waals surface area contributed by atoms with Crippen LogP contribution in [0.15, 0.2) is 6.07 Å². The second-order valence-corrected chi connectivity index (χ2v) is 4.03. The molecule has 0 bridgehead atoms. The second-order valence-electron chi connectivity index (χ2n) is 3.62. The summed E-state index contributed by atoms with van der Waals surface area (Å²) in [6.07, 6.45) is 0. The summed E-state index contributed by atoms with van der Waals surface area (Å²) in [5, 5.41) is 0.252. The van der Waals surface area contributed by atoms with Crippen LogP contribution >= 0.6 is 11.6 Å². The van der Waals surface area contributed by atoms with Crippen molar-refractivity contribution in [3.8, 4) is 0 Å². The molecule has 0 aliphatic rings. The molecule has 2 nitrogen and oxygen atoms in total. The molecule has 4 heteroatoms. The van der Waals surface area contributed by atoms with Gasteiger partial charge in [0.2, 0.25) is 0 Å². The van der Waals surface area contributed by atoms with Crippen LogP contribution in [0.2, 0.25) is 5.02 Å². The second kappa shape index (κ2) is 4.29. The highest BCUT2D eigenvalue weighted by atomic mass is 35.5. The van der Waals surface area contributed by atoms with Crippen LogP contribution in [0.3, 0.4) is 0 Å². The van der Waals surface area contributed by atoms with Crippen LogP contribution in [0, 0.1) is 19.7 Å². The highest BCUT2D eigenvalue weighted by molar-refractivity contribution is 6.32. The fourth-order valence-electron chi connectivity index (χ4n) is 1.45. The van der Waals surface area contributed by atoms with Crippen molar-refractivity contribution in [3.05, 3.63) is 33.6 Å². The van der Waals surface area contributed by atoms with Crippen LogP contribution in [0.25, 0.3) is 0 Å². The molecule has 15 heavy (non-hydrogen) atoms. The first kappa shape index (κ1) is 12.1.